The number of aryl methyl sites for hydroxylation is 1. The Balaban J connectivity index is 1.86. The molecule has 0 aliphatic carbocycles. The van der Waals surface area contributed by atoms with E-state index in [1.165, 1.54) is 13.2 Å². The number of H-pyrrole nitrogens is 1. The number of nitrogens with one attached hydrogen (secondary N) is 1. The minimum absolute atomic E-state index is 0.0426. The minimum atomic E-state index is -0.489. The van der Waals surface area contributed by atoms with E-state index < -0.39 is 5.82 Å². The lowest BCUT2D eigenvalue weighted by molar-refractivity contribution is 0.407. The summed E-state index contributed by atoms with van der Waals surface area (Å²) in [4.78, 5) is 4.43. The third kappa shape index (κ3) is 2.94. The Morgan fingerprint density at radius 1 is 1.26 bits per heavy atom. The zero-order valence-electron chi connectivity index (χ0n) is 15.0. The average Bonchev–Trinajstić information content (AvgIpc) is 3.29. The van der Waals surface area contributed by atoms with Crippen LogP contribution in [0.15, 0.2) is 36.8 Å². The number of aromatic amines is 1. The Kier molecular flexibility index (Phi) is 4.31. The van der Waals surface area contributed by atoms with Gasteiger partial charge in [-0.15, -0.1) is 0 Å². The standard InChI is InChI=1S/C19H17ClFN5O/c1-10(16-15(27-3)5-4-14(21)17(16)20)18-13-6-11(7-22-19(13)25-24-18)12-8-23-26(2)9-12/h4-10H,1-3H3,(H,22,24,25)/t10-/m1/s1. The van der Waals surface area contributed by atoms with E-state index in [4.69, 9.17) is 16.3 Å². The summed E-state index contributed by atoms with van der Waals surface area (Å²) >= 11 is 6.25. The van der Waals surface area contributed by atoms with Crippen molar-refractivity contribution in [2.24, 2.45) is 7.05 Å². The van der Waals surface area contributed by atoms with Crippen molar-refractivity contribution in [2.75, 3.05) is 7.11 Å². The SMILES string of the molecule is COc1ccc(F)c(Cl)c1[C@@H](C)c1[nH]nc2ncc(-c3cnn(C)c3)cc12. The molecule has 8 heteroatoms. The van der Waals surface area contributed by atoms with Crippen molar-refractivity contribution >= 4 is 22.6 Å². The van der Waals surface area contributed by atoms with Crippen molar-refractivity contribution in [3.63, 3.8) is 0 Å². The van der Waals surface area contributed by atoms with Gasteiger partial charge in [-0.25, -0.2) is 9.37 Å². The normalized spacial score (nSPS) is 12.5. The summed E-state index contributed by atoms with van der Waals surface area (Å²) in [6, 6.07) is 4.86. The Morgan fingerprint density at radius 3 is 2.78 bits per heavy atom. The van der Waals surface area contributed by atoms with Crippen LogP contribution in [0, 0.1) is 5.82 Å². The lowest BCUT2D eigenvalue weighted by Crippen LogP contribution is -2.03. The maximum Gasteiger partial charge on any atom is 0.181 e. The monoisotopic (exact) mass is 385 g/mol. The Hall–Kier alpha value is -2.93. The van der Waals surface area contributed by atoms with Gasteiger partial charge in [0.25, 0.3) is 0 Å². The van der Waals surface area contributed by atoms with E-state index in [-0.39, 0.29) is 10.9 Å². The molecule has 6 nitrogen and oxygen atoms in total. The second-order valence-corrected chi connectivity index (χ2v) is 6.71. The number of benzene rings is 1. The van der Waals surface area contributed by atoms with Gasteiger partial charge in [-0.2, -0.15) is 10.2 Å². The summed E-state index contributed by atoms with van der Waals surface area (Å²) in [5.74, 6) is -0.246. The first-order valence-electron chi connectivity index (χ1n) is 8.34. The molecule has 3 heterocycles. The van der Waals surface area contributed by atoms with Gasteiger partial charge in [0.15, 0.2) is 5.65 Å². The van der Waals surface area contributed by atoms with Crippen molar-refractivity contribution in [1.29, 1.82) is 0 Å². The van der Waals surface area contributed by atoms with Crippen LogP contribution in [0.25, 0.3) is 22.2 Å². The molecule has 0 radical (unpaired) electrons. The molecule has 1 aromatic carbocycles. The topological polar surface area (TPSA) is 68.6 Å². The second kappa shape index (κ2) is 6.66. The molecule has 0 fully saturated rings. The molecule has 0 spiro atoms. The predicted octanol–water partition coefficient (Wildman–Crippen LogP) is 4.31. The van der Waals surface area contributed by atoms with E-state index in [0.717, 1.165) is 22.2 Å². The Bertz CT molecular complexity index is 1140. The van der Waals surface area contributed by atoms with Crippen LogP contribution in [0.4, 0.5) is 4.39 Å². The summed E-state index contributed by atoms with van der Waals surface area (Å²) in [7, 11) is 3.39. The van der Waals surface area contributed by atoms with E-state index in [9.17, 15) is 4.39 Å². The van der Waals surface area contributed by atoms with Crippen molar-refractivity contribution in [1.82, 2.24) is 25.0 Å². The molecule has 0 unspecified atom stereocenters. The molecule has 0 saturated carbocycles. The molecular weight excluding hydrogens is 369 g/mol. The molecule has 0 aliphatic heterocycles. The van der Waals surface area contributed by atoms with E-state index in [0.29, 0.717) is 17.0 Å². The van der Waals surface area contributed by atoms with E-state index in [1.54, 1.807) is 23.1 Å². The fourth-order valence-corrected chi connectivity index (χ4v) is 3.57. The van der Waals surface area contributed by atoms with Crippen molar-refractivity contribution < 1.29 is 9.13 Å². The molecule has 0 amide bonds. The summed E-state index contributed by atoms with van der Waals surface area (Å²) in [6.45, 7) is 1.92. The summed E-state index contributed by atoms with van der Waals surface area (Å²) in [6.07, 6.45) is 5.45. The largest absolute Gasteiger partial charge is 0.496 e. The van der Waals surface area contributed by atoms with Crippen molar-refractivity contribution in [2.45, 2.75) is 12.8 Å². The smallest absolute Gasteiger partial charge is 0.181 e. The number of nitrogens with zero attached hydrogens (tertiary/aromatic N) is 4. The van der Waals surface area contributed by atoms with Crippen LogP contribution >= 0.6 is 11.6 Å². The minimum Gasteiger partial charge on any atom is -0.496 e. The van der Waals surface area contributed by atoms with Gasteiger partial charge in [-0.1, -0.05) is 18.5 Å². The molecule has 27 heavy (non-hydrogen) atoms. The molecule has 0 saturated heterocycles. The number of fused-ring (bicyclic) bond motifs is 1. The highest BCUT2D eigenvalue weighted by atomic mass is 35.5. The maximum absolute atomic E-state index is 14.1. The third-order valence-electron chi connectivity index (χ3n) is 4.66. The maximum atomic E-state index is 14.1. The van der Waals surface area contributed by atoms with Gasteiger partial charge in [0.1, 0.15) is 11.6 Å². The van der Waals surface area contributed by atoms with E-state index in [1.807, 2.05) is 26.2 Å². The molecule has 0 bridgehead atoms. The van der Waals surface area contributed by atoms with E-state index in [2.05, 4.69) is 20.3 Å². The van der Waals surface area contributed by atoms with Crippen LogP contribution < -0.4 is 4.74 Å². The third-order valence-corrected chi connectivity index (χ3v) is 5.04. The Labute approximate surface area is 159 Å². The van der Waals surface area contributed by atoms with Crippen LogP contribution in [0.1, 0.15) is 24.1 Å². The molecule has 3 aromatic heterocycles. The number of hydrogen-bond donors (Lipinski definition) is 1. The van der Waals surface area contributed by atoms with Crippen LogP contribution in [0.5, 0.6) is 5.75 Å². The second-order valence-electron chi connectivity index (χ2n) is 6.33. The molecular formula is C19H17ClFN5O. The van der Waals surface area contributed by atoms with Gasteiger partial charge in [-0.05, 0) is 18.2 Å². The summed E-state index contributed by atoms with van der Waals surface area (Å²) in [5.41, 5.74) is 3.80. The number of halogens is 2. The first-order chi connectivity index (χ1) is 13.0. The average molecular weight is 386 g/mol. The molecule has 138 valence electrons. The van der Waals surface area contributed by atoms with Gasteiger partial charge >= 0.3 is 0 Å². The van der Waals surface area contributed by atoms with Gasteiger partial charge in [0.2, 0.25) is 0 Å². The molecule has 1 atom stereocenters. The number of pyridine rings is 1. The number of ether oxygens (including phenoxy) is 1. The van der Waals surface area contributed by atoms with Gasteiger partial charge < -0.3 is 4.74 Å². The molecule has 1 N–H and O–H groups in total. The fourth-order valence-electron chi connectivity index (χ4n) is 3.25. The van der Waals surface area contributed by atoms with Crippen molar-refractivity contribution in [3.05, 3.63) is 58.9 Å². The van der Waals surface area contributed by atoms with Crippen LogP contribution in [0.3, 0.4) is 0 Å². The van der Waals surface area contributed by atoms with Crippen molar-refractivity contribution in [3.8, 4) is 16.9 Å². The predicted molar refractivity (Wildman–Crippen MR) is 102 cm³/mol. The number of methoxy groups -OCH3 is 1. The zero-order chi connectivity index (χ0) is 19.1. The van der Waals surface area contributed by atoms with E-state index >= 15 is 0 Å². The lowest BCUT2D eigenvalue weighted by atomic mass is 9.94. The Morgan fingerprint density at radius 2 is 2.07 bits per heavy atom. The van der Waals surface area contributed by atoms with Gasteiger partial charge in [0.05, 0.1) is 24.0 Å². The van der Waals surface area contributed by atoms with Crippen LogP contribution in [-0.4, -0.2) is 32.1 Å². The van der Waals surface area contributed by atoms with Crippen LogP contribution in [-0.2, 0) is 7.05 Å². The summed E-state index contributed by atoms with van der Waals surface area (Å²) in [5, 5.41) is 12.4. The molecule has 4 rings (SSSR count). The number of hydrogen-bond acceptors (Lipinski definition) is 4. The first-order valence-corrected chi connectivity index (χ1v) is 8.72. The van der Waals surface area contributed by atoms with Crippen LogP contribution in [0.2, 0.25) is 5.02 Å². The van der Waals surface area contributed by atoms with Gasteiger partial charge in [0, 0.05) is 47.4 Å². The highest BCUT2D eigenvalue weighted by Crippen LogP contribution is 2.40. The quantitative estimate of drug-likeness (QED) is 0.568. The number of aromatic nitrogens is 5. The first kappa shape index (κ1) is 17.5. The highest BCUT2D eigenvalue weighted by molar-refractivity contribution is 6.31. The highest BCUT2D eigenvalue weighted by Gasteiger charge is 2.23. The lowest BCUT2D eigenvalue weighted by Gasteiger charge is -2.17. The summed E-state index contributed by atoms with van der Waals surface area (Å²) < 4.78 is 21.2. The fraction of sp³-hybridized carbons (Fsp3) is 0.211. The zero-order valence-corrected chi connectivity index (χ0v) is 15.8. The molecule has 0 aliphatic rings. The molecule has 4 aromatic rings. The number of rotatable bonds is 4. The van der Waals surface area contributed by atoms with Gasteiger partial charge in [-0.3, -0.25) is 9.78 Å².